The van der Waals surface area contributed by atoms with Crippen LogP contribution in [0.15, 0.2) is 18.3 Å². The van der Waals surface area contributed by atoms with Crippen LogP contribution >= 0.6 is 0 Å². The van der Waals surface area contributed by atoms with Crippen molar-refractivity contribution in [2.24, 2.45) is 11.7 Å². The van der Waals surface area contributed by atoms with Gasteiger partial charge in [-0.1, -0.05) is 12.5 Å². The van der Waals surface area contributed by atoms with Crippen molar-refractivity contribution in [3.63, 3.8) is 0 Å². The summed E-state index contributed by atoms with van der Waals surface area (Å²) < 4.78 is 5.55. The number of carbonyl (C=O) groups is 1. The molecule has 2 heterocycles. The number of ether oxygens (including phenoxy) is 1. The Labute approximate surface area is 143 Å². The molecule has 3 rings (SSSR count). The lowest BCUT2D eigenvalue weighted by atomic mass is 10.00. The van der Waals surface area contributed by atoms with Crippen molar-refractivity contribution in [1.29, 1.82) is 0 Å². The molecule has 2 fully saturated rings. The number of hydrogen-bond donors (Lipinski definition) is 2. The van der Waals surface area contributed by atoms with Crippen LogP contribution in [0.4, 0.5) is 5.82 Å². The summed E-state index contributed by atoms with van der Waals surface area (Å²) in [5.41, 5.74) is 7.05. The molecule has 3 atom stereocenters. The van der Waals surface area contributed by atoms with Crippen molar-refractivity contribution in [2.75, 3.05) is 24.6 Å². The molecule has 1 unspecified atom stereocenters. The highest BCUT2D eigenvalue weighted by Gasteiger charge is 2.25. The standard InChI is InChI=1S/C18H28N4O2/c1-13-12-22(7-8-24-13)17-6-5-14(10-20-17)11-21-18(23)9-15-3-2-4-16(15)19/h5-6,10,13,15-16H,2-4,7-9,11-12,19H2,1H3,(H,21,23)/t13?,15-,16+/m0/s1. The molecule has 24 heavy (non-hydrogen) atoms. The molecule has 6 nitrogen and oxygen atoms in total. The van der Waals surface area contributed by atoms with Gasteiger partial charge in [-0.2, -0.15) is 0 Å². The molecule has 0 spiro atoms. The SMILES string of the molecule is CC1CN(c2ccc(CNC(=O)C[C@@H]3CCC[C@H]3N)cn2)CCO1. The molecule has 2 aliphatic rings. The van der Waals surface area contributed by atoms with Gasteiger partial charge in [0.2, 0.25) is 5.91 Å². The number of amides is 1. The maximum absolute atomic E-state index is 12.1. The van der Waals surface area contributed by atoms with Crippen molar-refractivity contribution < 1.29 is 9.53 Å². The predicted octanol–water partition coefficient (Wildman–Crippen LogP) is 1.44. The van der Waals surface area contributed by atoms with Gasteiger partial charge in [-0.3, -0.25) is 4.79 Å². The van der Waals surface area contributed by atoms with Crippen LogP contribution in [-0.4, -0.2) is 42.7 Å². The molecule has 1 saturated carbocycles. The van der Waals surface area contributed by atoms with Crippen LogP contribution in [0.2, 0.25) is 0 Å². The van der Waals surface area contributed by atoms with E-state index in [1.807, 2.05) is 18.3 Å². The van der Waals surface area contributed by atoms with E-state index < -0.39 is 0 Å². The summed E-state index contributed by atoms with van der Waals surface area (Å²) in [4.78, 5) is 18.8. The lowest BCUT2D eigenvalue weighted by molar-refractivity contribution is -0.122. The largest absolute Gasteiger partial charge is 0.375 e. The first-order valence-corrected chi connectivity index (χ1v) is 8.95. The minimum Gasteiger partial charge on any atom is -0.375 e. The Bertz CT molecular complexity index is 548. The van der Waals surface area contributed by atoms with Gasteiger partial charge >= 0.3 is 0 Å². The number of nitrogens with one attached hydrogen (secondary N) is 1. The Morgan fingerprint density at radius 2 is 2.33 bits per heavy atom. The fourth-order valence-corrected chi connectivity index (χ4v) is 3.56. The topological polar surface area (TPSA) is 80.5 Å². The Morgan fingerprint density at radius 3 is 3.00 bits per heavy atom. The number of pyridine rings is 1. The van der Waals surface area contributed by atoms with Crippen LogP contribution in [0.1, 0.15) is 38.2 Å². The zero-order valence-corrected chi connectivity index (χ0v) is 14.4. The van der Waals surface area contributed by atoms with E-state index in [1.54, 1.807) is 0 Å². The number of carbonyl (C=O) groups excluding carboxylic acids is 1. The number of nitrogens with two attached hydrogens (primary N) is 1. The zero-order valence-electron chi connectivity index (χ0n) is 14.4. The van der Waals surface area contributed by atoms with Gasteiger partial charge in [0.25, 0.3) is 0 Å². The van der Waals surface area contributed by atoms with Gasteiger partial charge in [-0.15, -0.1) is 0 Å². The minimum absolute atomic E-state index is 0.0865. The summed E-state index contributed by atoms with van der Waals surface area (Å²) in [7, 11) is 0. The number of rotatable bonds is 5. The Kier molecular flexibility index (Phi) is 5.68. The van der Waals surface area contributed by atoms with Crippen molar-refractivity contribution in [3.8, 4) is 0 Å². The van der Waals surface area contributed by atoms with E-state index in [1.165, 1.54) is 0 Å². The molecule has 3 N–H and O–H groups in total. The number of nitrogens with zero attached hydrogens (tertiary/aromatic N) is 2. The normalized spacial score (nSPS) is 27.2. The molecule has 1 aliphatic carbocycles. The van der Waals surface area contributed by atoms with Crippen LogP contribution < -0.4 is 16.0 Å². The third-order valence-corrected chi connectivity index (χ3v) is 5.03. The zero-order chi connectivity index (χ0) is 16.9. The highest BCUT2D eigenvalue weighted by atomic mass is 16.5. The van der Waals surface area contributed by atoms with Gasteiger partial charge in [-0.05, 0) is 37.3 Å². The Morgan fingerprint density at radius 1 is 1.46 bits per heavy atom. The molecule has 1 aromatic rings. The summed E-state index contributed by atoms with van der Waals surface area (Å²) in [6.07, 6.45) is 5.88. The summed E-state index contributed by atoms with van der Waals surface area (Å²) in [5, 5.41) is 2.98. The van der Waals surface area contributed by atoms with Crippen LogP contribution in [0.3, 0.4) is 0 Å². The van der Waals surface area contributed by atoms with E-state index in [9.17, 15) is 4.79 Å². The highest BCUT2D eigenvalue weighted by molar-refractivity contribution is 5.76. The van der Waals surface area contributed by atoms with E-state index in [0.29, 0.717) is 18.9 Å². The lowest BCUT2D eigenvalue weighted by Gasteiger charge is -2.32. The number of hydrogen-bond acceptors (Lipinski definition) is 5. The Hall–Kier alpha value is -1.66. The molecule has 0 bridgehead atoms. The van der Waals surface area contributed by atoms with Gasteiger partial charge in [0.05, 0.1) is 12.7 Å². The monoisotopic (exact) mass is 332 g/mol. The van der Waals surface area contributed by atoms with Gasteiger partial charge in [0.1, 0.15) is 5.82 Å². The van der Waals surface area contributed by atoms with Gasteiger partial charge in [0, 0.05) is 38.3 Å². The molecule has 1 aromatic heterocycles. The molecule has 132 valence electrons. The second-order valence-corrected chi connectivity index (χ2v) is 6.99. The summed E-state index contributed by atoms with van der Waals surface area (Å²) in [6, 6.07) is 4.24. The van der Waals surface area contributed by atoms with Crippen LogP contribution in [0.25, 0.3) is 0 Å². The van der Waals surface area contributed by atoms with Crippen LogP contribution in [0.5, 0.6) is 0 Å². The van der Waals surface area contributed by atoms with Gasteiger partial charge in [-0.25, -0.2) is 4.98 Å². The fraction of sp³-hybridized carbons (Fsp3) is 0.667. The first-order valence-electron chi connectivity index (χ1n) is 8.95. The molecular weight excluding hydrogens is 304 g/mol. The maximum atomic E-state index is 12.1. The highest BCUT2D eigenvalue weighted by Crippen LogP contribution is 2.26. The molecule has 1 saturated heterocycles. The summed E-state index contributed by atoms with van der Waals surface area (Å²) in [5.74, 6) is 1.40. The van der Waals surface area contributed by atoms with E-state index >= 15 is 0 Å². The van der Waals surface area contributed by atoms with Crippen molar-refractivity contribution >= 4 is 11.7 Å². The maximum Gasteiger partial charge on any atom is 0.220 e. The average Bonchev–Trinajstić information content (AvgIpc) is 2.98. The first kappa shape index (κ1) is 17.2. The van der Waals surface area contributed by atoms with E-state index in [2.05, 4.69) is 22.1 Å². The van der Waals surface area contributed by atoms with Crippen LogP contribution in [-0.2, 0) is 16.1 Å². The van der Waals surface area contributed by atoms with Gasteiger partial charge in [0.15, 0.2) is 0 Å². The third-order valence-electron chi connectivity index (χ3n) is 5.03. The van der Waals surface area contributed by atoms with Gasteiger partial charge < -0.3 is 20.7 Å². The quantitative estimate of drug-likeness (QED) is 0.853. The fourth-order valence-electron chi connectivity index (χ4n) is 3.56. The minimum atomic E-state index is 0.0865. The molecule has 6 heteroatoms. The van der Waals surface area contributed by atoms with Crippen molar-refractivity contribution in [1.82, 2.24) is 10.3 Å². The Balaban J connectivity index is 1.46. The van der Waals surface area contributed by atoms with Crippen molar-refractivity contribution in [2.45, 2.75) is 51.3 Å². The molecule has 1 amide bonds. The van der Waals surface area contributed by atoms with E-state index in [-0.39, 0.29) is 18.1 Å². The molecule has 0 aromatic carbocycles. The predicted molar refractivity (Wildman–Crippen MR) is 93.6 cm³/mol. The third kappa shape index (κ3) is 4.45. The first-order chi connectivity index (χ1) is 11.6. The van der Waals surface area contributed by atoms with Crippen LogP contribution in [0, 0.1) is 5.92 Å². The summed E-state index contributed by atoms with van der Waals surface area (Å²) in [6.45, 7) is 5.07. The van der Waals surface area contributed by atoms with E-state index in [0.717, 1.165) is 50.3 Å². The molecule has 1 aliphatic heterocycles. The second-order valence-electron chi connectivity index (χ2n) is 6.99. The average molecular weight is 332 g/mol. The summed E-state index contributed by atoms with van der Waals surface area (Å²) >= 11 is 0. The number of anilines is 1. The second kappa shape index (κ2) is 7.94. The molecular formula is C18H28N4O2. The molecule has 0 radical (unpaired) electrons. The number of aromatic nitrogens is 1. The van der Waals surface area contributed by atoms with E-state index in [4.69, 9.17) is 10.5 Å². The smallest absolute Gasteiger partial charge is 0.220 e. The lowest BCUT2D eigenvalue weighted by Crippen LogP contribution is -2.41. The number of morpholine rings is 1. The van der Waals surface area contributed by atoms with Crippen molar-refractivity contribution in [3.05, 3.63) is 23.9 Å².